The summed E-state index contributed by atoms with van der Waals surface area (Å²) in [5.74, 6) is 2.85. The summed E-state index contributed by atoms with van der Waals surface area (Å²) < 4.78 is 0. The lowest BCUT2D eigenvalue weighted by molar-refractivity contribution is -0.128. The highest BCUT2D eigenvalue weighted by Crippen LogP contribution is 2.58. The maximum Gasteiger partial charge on any atom is 0.218 e. The van der Waals surface area contributed by atoms with Crippen molar-refractivity contribution in [3.05, 3.63) is 0 Å². The van der Waals surface area contributed by atoms with E-state index in [0.29, 0.717) is 18.0 Å². The van der Waals surface area contributed by atoms with Gasteiger partial charge in [0.2, 0.25) is 5.91 Å². The van der Waals surface area contributed by atoms with Crippen LogP contribution in [0.5, 0.6) is 0 Å². The first-order valence-electron chi connectivity index (χ1n) is 8.70. The van der Waals surface area contributed by atoms with E-state index in [1.54, 1.807) is 0 Å². The number of likely N-dealkylation sites (tertiary alicyclic amines) is 1. The van der Waals surface area contributed by atoms with Crippen LogP contribution in [0.4, 0.5) is 0 Å². The molecule has 3 heteroatoms. The van der Waals surface area contributed by atoms with Crippen molar-refractivity contribution in [1.82, 2.24) is 4.90 Å². The van der Waals surface area contributed by atoms with Crippen LogP contribution in [0.25, 0.3) is 0 Å². The van der Waals surface area contributed by atoms with Gasteiger partial charge in [0, 0.05) is 18.0 Å². The molecular formula is C17H28N2O. The predicted octanol–water partition coefficient (Wildman–Crippen LogP) is 2.69. The predicted molar refractivity (Wildman–Crippen MR) is 79.1 cm³/mol. The zero-order valence-electron chi connectivity index (χ0n) is 12.5. The molecule has 0 spiro atoms. The molecule has 1 atom stereocenters. The molecule has 4 saturated carbocycles. The van der Waals surface area contributed by atoms with Crippen molar-refractivity contribution < 1.29 is 4.79 Å². The van der Waals surface area contributed by atoms with Gasteiger partial charge in [0.05, 0.1) is 0 Å². The number of hydrogen-bond donors (Lipinski definition) is 1. The number of carbonyl (C=O) groups is 1. The number of amides is 1. The molecule has 1 amide bonds. The van der Waals surface area contributed by atoms with Gasteiger partial charge in [-0.25, -0.2) is 0 Å². The average molecular weight is 276 g/mol. The number of hydrogen-bond acceptors (Lipinski definition) is 2. The maximum atomic E-state index is 11.4. The van der Waals surface area contributed by atoms with Crippen molar-refractivity contribution in [3.8, 4) is 0 Å². The highest BCUT2D eigenvalue weighted by molar-refractivity contribution is 5.74. The van der Waals surface area contributed by atoms with E-state index < -0.39 is 0 Å². The molecule has 0 aromatic heterocycles. The molecule has 20 heavy (non-hydrogen) atoms. The summed E-state index contributed by atoms with van der Waals surface area (Å²) in [4.78, 5) is 14.2. The Morgan fingerprint density at radius 2 is 1.65 bits per heavy atom. The number of rotatable bonds is 3. The summed E-state index contributed by atoms with van der Waals surface area (Å²) in [5.41, 5.74) is 5.97. The van der Waals surface area contributed by atoms with Gasteiger partial charge in [-0.3, -0.25) is 9.69 Å². The molecule has 0 radical (unpaired) electrons. The number of carbonyl (C=O) groups excluding carboxylic acids is 1. The quantitative estimate of drug-likeness (QED) is 0.861. The van der Waals surface area contributed by atoms with E-state index in [2.05, 4.69) is 4.90 Å². The molecule has 112 valence electrons. The lowest BCUT2D eigenvalue weighted by atomic mass is 9.52. The van der Waals surface area contributed by atoms with Gasteiger partial charge < -0.3 is 5.73 Å². The van der Waals surface area contributed by atoms with Crippen LogP contribution in [0.1, 0.15) is 64.2 Å². The fraction of sp³-hybridized carbons (Fsp3) is 0.941. The Bertz CT molecular complexity index is 371. The summed E-state index contributed by atoms with van der Waals surface area (Å²) in [5, 5.41) is 0. The van der Waals surface area contributed by atoms with Gasteiger partial charge in [0.1, 0.15) is 0 Å². The second kappa shape index (κ2) is 4.72. The smallest absolute Gasteiger partial charge is 0.218 e. The zero-order valence-corrected chi connectivity index (χ0v) is 12.5. The molecule has 1 saturated heterocycles. The normalized spacial score (nSPS) is 47.6. The summed E-state index contributed by atoms with van der Waals surface area (Å²) in [6.07, 6.45) is 13.1. The first-order chi connectivity index (χ1) is 9.64. The molecule has 3 nitrogen and oxygen atoms in total. The molecular weight excluding hydrogens is 248 g/mol. The van der Waals surface area contributed by atoms with Crippen molar-refractivity contribution >= 4 is 5.91 Å². The molecule has 1 unspecified atom stereocenters. The highest BCUT2D eigenvalue weighted by atomic mass is 16.1. The molecule has 5 rings (SSSR count). The summed E-state index contributed by atoms with van der Waals surface area (Å²) >= 11 is 0. The fourth-order valence-corrected chi connectivity index (χ4v) is 6.49. The Morgan fingerprint density at radius 3 is 2.20 bits per heavy atom. The second-order valence-electron chi connectivity index (χ2n) is 8.16. The monoisotopic (exact) mass is 276 g/mol. The SMILES string of the molecule is NC(=O)CC1CCCCN1C12CC3CC(CC(C3)C1)C2. The zero-order chi connectivity index (χ0) is 13.7. The molecule has 1 aliphatic heterocycles. The molecule has 5 aliphatic rings. The van der Waals surface area contributed by atoms with Crippen LogP contribution in [0.2, 0.25) is 0 Å². The summed E-state index contributed by atoms with van der Waals surface area (Å²) in [6.45, 7) is 1.21. The van der Waals surface area contributed by atoms with Crippen LogP contribution in [0.3, 0.4) is 0 Å². The van der Waals surface area contributed by atoms with Gasteiger partial charge >= 0.3 is 0 Å². The van der Waals surface area contributed by atoms with E-state index in [-0.39, 0.29) is 5.91 Å². The Morgan fingerprint density at radius 1 is 1.05 bits per heavy atom. The van der Waals surface area contributed by atoms with Crippen LogP contribution in [0, 0.1) is 17.8 Å². The molecule has 4 bridgehead atoms. The minimum absolute atomic E-state index is 0.105. The number of piperidine rings is 1. The Labute approximate surface area is 122 Å². The van der Waals surface area contributed by atoms with Crippen molar-refractivity contribution in [2.75, 3.05) is 6.54 Å². The Kier molecular flexibility index (Phi) is 3.10. The van der Waals surface area contributed by atoms with Gasteiger partial charge in [-0.15, -0.1) is 0 Å². The van der Waals surface area contributed by atoms with Crippen molar-refractivity contribution in [1.29, 1.82) is 0 Å². The van der Waals surface area contributed by atoms with E-state index in [4.69, 9.17) is 5.73 Å². The number of nitrogens with zero attached hydrogens (tertiary/aromatic N) is 1. The molecule has 0 aromatic rings. The molecule has 4 aliphatic carbocycles. The van der Waals surface area contributed by atoms with Crippen molar-refractivity contribution in [2.45, 2.75) is 75.8 Å². The third-order valence-electron chi connectivity index (χ3n) is 6.68. The second-order valence-corrected chi connectivity index (χ2v) is 8.16. The van der Waals surface area contributed by atoms with E-state index >= 15 is 0 Å². The first-order valence-corrected chi connectivity index (χ1v) is 8.70. The minimum atomic E-state index is -0.105. The molecule has 2 N–H and O–H groups in total. The fourth-order valence-electron chi connectivity index (χ4n) is 6.49. The summed E-state index contributed by atoms with van der Waals surface area (Å²) in [6, 6.07) is 0.442. The third kappa shape index (κ3) is 2.09. The Balaban J connectivity index is 1.59. The van der Waals surface area contributed by atoms with Crippen LogP contribution in [0.15, 0.2) is 0 Å². The summed E-state index contributed by atoms with van der Waals surface area (Å²) in [7, 11) is 0. The number of nitrogens with two attached hydrogens (primary N) is 1. The lowest BCUT2D eigenvalue weighted by Gasteiger charge is -2.62. The van der Waals surface area contributed by atoms with Crippen LogP contribution < -0.4 is 5.73 Å². The standard InChI is InChI=1S/C17H28N2O/c18-16(20)8-15-3-1-2-4-19(15)17-9-12-5-13(10-17)7-14(6-12)11-17/h12-15H,1-11H2,(H2,18,20). The van der Waals surface area contributed by atoms with E-state index in [0.717, 1.165) is 17.8 Å². The van der Waals surface area contributed by atoms with Gasteiger partial charge in [0.25, 0.3) is 0 Å². The molecule has 5 fully saturated rings. The van der Waals surface area contributed by atoms with Gasteiger partial charge in [0.15, 0.2) is 0 Å². The third-order valence-corrected chi connectivity index (χ3v) is 6.68. The highest BCUT2D eigenvalue weighted by Gasteiger charge is 2.54. The van der Waals surface area contributed by atoms with Gasteiger partial charge in [-0.05, 0) is 75.7 Å². The maximum absolute atomic E-state index is 11.4. The first kappa shape index (κ1) is 13.1. The largest absolute Gasteiger partial charge is 0.370 e. The van der Waals surface area contributed by atoms with Crippen LogP contribution in [-0.4, -0.2) is 28.9 Å². The molecule has 1 heterocycles. The van der Waals surface area contributed by atoms with E-state index in [9.17, 15) is 4.79 Å². The van der Waals surface area contributed by atoms with Crippen molar-refractivity contribution in [3.63, 3.8) is 0 Å². The van der Waals surface area contributed by atoms with Gasteiger partial charge in [-0.2, -0.15) is 0 Å². The minimum Gasteiger partial charge on any atom is -0.370 e. The average Bonchev–Trinajstić information content (AvgIpc) is 2.36. The van der Waals surface area contributed by atoms with E-state index in [1.165, 1.54) is 64.3 Å². The van der Waals surface area contributed by atoms with Gasteiger partial charge in [-0.1, -0.05) is 6.42 Å². The van der Waals surface area contributed by atoms with Crippen LogP contribution in [-0.2, 0) is 4.79 Å². The van der Waals surface area contributed by atoms with E-state index in [1.807, 2.05) is 0 Å². The Hall–Kier alpha value is -0.570. The van der Waals surface area contributed by atoms with Crippen molar-refractivity contribution in [2.24, 2.45) is 23.5 Å². The lowest BCUT2D eigenvalue weighted by Crippen LogP contribution is -2.63. The number of primary amides is 1. The topological polar surface area (TPSA) is 46.3 Å². The molecule has 0 aromatic carbocycles. The van der Waals surface area contributed by atoms with Crippen LogP contribution >= 0.6 is 0 Å².